The molecule has 0 radical (unpaired) electrons. The van der Waals surface area contributed by atoms with Gasteiger partial charge in [-0.2, -0.15) is 0 Å². The summed E-state index contributed by atoms with van der Waals surface area (Å²) in [5, 5.41) is 6.12. The summed E-state index contributed by atoms with van der Waals surface area (Å²) in [6, 6.07) is 7.22. The number of hydrogen-bond donors (Lipinski definition) is 2. The average molecular weight is 368 g/mol. The second-order valence-electron chi connectivity index (χ2n) is 6.60. The second kappa shape index (κ2) is 9.06. The quantitative estimate of drug-likeness (QED) is 0.805. The first-order valence-electron chi connectivity index (χ1n) is 8.65. The van der Waals surface area contributed by atoms with E-state index in [2.05, 4.69) is 10.6 Å². The Hall–Kier alpha value is -1.79. The van der Waals surface area contributed by atoms with Gasteiger partial charge in [-0.05, 0) is 44.0 Å². The van der Waals surface area contributed by atoms with Gasteiger partial charge in [0.05, 0.1) is 0 Å². The third-order valence-electron chi connectivity index (χ3n) is 4.86. The van der Waals surface area contributed by atoms with E-state index >= 15 is 0 Å². The molecule has 2 amide bonds. The predicted molar refractivity (Wildman–Crippen MR) is 99.2 cm³/mol. The number of hydrogen-bond acceptors (Lipinski definition) is 4. The first-order valence-corrected chi connectivity index (χ1v) is 8.65. The third-order valence-corrected chi connectivity index (χ3v) is 4.86. The highest BCUT2D eigenvalue weighted by Gasteiger charge is 2.28. The lowest BCUT2D eigenvalue weighted by atomic mass is 9.88. The lowest BCUT2D eigenvalue weighted by Crippen LogP contribution is -2.48. The van der Waals surface area contributed by atoms with Crippen LogP contribution < -0.4 is 15.4 Å². The first kappa shape index (κ1) is 19.5. The van der Waals surface area contributed by atoms with Gasteiger partial charge < -0.3 is 20.3 Å². The van der Waals surface area contributed by atoms with Crippen molar-refractivity contribution in [2.45, 2.75) is 19.8 Å². The van der Waals surface area contributed by atoms with E-state index in [1.165, 1.54) is 0 Å². The van der Waals surface area contributed by atoms with E-state index < -0.39 is 0 Å². The van der Waals surface area contributed by atoms with Crippen molar-refractivity contribution in [2.24, 2.45) is 11.8 Å². The minimum atomic E-state index is -0.0208. The van der Waals surface area contributed by atoms with Gasteiger partial charge in [-0.15, -0.1) is 12.4 Å². The zero-order valence-electron chi connectivity index (χ0n) is 14.5. The molecule has 2 fully saturated rings. The molecule has 0 saturated carbocycles. The summed E-state index contributed by atoms with van der Waals surface area (Å²) in [7, 11) is 0. The number of likely N-dealkylation sites (tertiary alicyclic amines) is 1. The molecule has 1 aromatic rings. The van der Waals surface area contributed by atoms with E-state index in [1.54, 1.807) is 12.1 Å². The number of nitrogens with one attached hydrogen (secondary N) is 2. The van der Waals surface area contributed by atoms with E-state index in [1.807, 2.05) is 24.0 Å². The fraction of sp³-hybridized carbons (Fsp3) is 0.556. The zero-order chi connectivity index (χ0) is 16.9. The maximum Gasteiger partial charge on any atom is 0.260 e. The molecule has 2 aliphatic rings. The summed E-state index contributed by atoms with van der Waals surface area (Å²) in [5.74, 6) is 1.02. The molecule has 0 spiro atoms. The van der Waals surface area contributed by atoms with E-state index in [-0.39, 0.29) is 36.7 Å². The van der Waals surface area contributed by atoms with Crippen LogP contribution in [-0.2, 0) is 9.59 Å². The van der Waals surface area contributed by atoms with Crippen LogP contribution in [-0.4, -0.2) is 49.5 Å². The summed E-state index contributed by atoms with van der Waals surface area (Å²) < 4.78 is 5.59. The Morgan fingerprint density at radius 1 is 1.32 bits per heavy atom. The van der Waals surface area contributed by atoms with Crippen molar-refractivity contribution in [2.75, 3.05) is 38.1 Å². The largest absolute Gasteiger partial charge is 0.484 e. The SMILES string of the molecule is CC(C(=O)Nc1cccc(OCC(=O)N2CCCC2)c1)C1CNC1.Cl. The van der Waals surface area contributed by atoms with E-state index in [0.29, 0.717) is 17.4 Å². The number of halogens is 1. The van der Waals surface area contributed by atoms with Crippen molar-refractivity contribution in [1.82, 2.24) is 10.2 Å². The van der Waals surface area contributed by atoms with Crippen LogP contribution >= 0.6 is 12.4 Å². The Morgan fingerprint density at radius 3 is 2.68 bits per heavy atom. The van der Waals surface area contributed by atoms with Gasteiger partial charge in [-0.3, -0.25) is 9.59 Å². The van der Waals surface area contributed by atoms with Crippen molar-refractivity contribution in [3.8, 4) is 5.75 Å². The smallest absolute Gasteiger partial charge is 0.260 e. The average Bonchev–Trinajstić information content (AvgIpc) is 3.05. The summed E-state index contributed by atoms with van der Waals surface area (Å²) >= 11 is 0. The number of carbonyl (C=O) groups excluding carboxylic acids is 2. The molecule has 0 bridgehead atoms. The van der Waals surface area contributed by atoms with Crippen LogP contribution in [0.5, 0.6) is 5.75 Å². The molecule has 2 aliphatic heterocycles. The number of benzene rings is 1. The van der Waals surface area contributed by atoms with Gasteiger partial charge in [0.2, 0.25) is 5.91 Å². The molecule has 2 N–H and O–H groups in total. The van der Waals surface area contributed by atoms with Gasteiger partial charge in [0.1, 0.15) is 5.75 Å². The number of carbonyl (C=O) groups is 2. The van der Waals surface area contributed by atoms with Gasteiger partial charge in [-0.25, -0.2) is 0 Å². The summed E-state index contributed by atoms with van der Waals surface area (Å²) in [6.07, 6.45) is 2.14. The molecule has 1 unspecified atom stereocenters. The van der Waals surface area contributed by atoms with Crippen LogP contribution in [0.25, 0.3) is 0 Å². The molecule has 2 saturated heterocycles. The monoisotopic (exact) mass is 367 g/mol. The van der Waals surface area contributed by atoms with Gasteiger partial charge in [-0.1, -0.05) is 13.0 Å². The molecule has 7 heteroatoms. The lowest BCUT2D eigenvalue weighted by molar-refractivity contribution is -0.132. The van der Waals surface area contributed by atoms with Crippen LogP contribution in [0, 0.1) is 11.8 Å². The predicted octanol–water partition coefficient (Wildman–Crippen LogP) is 1.90. The molecular weight excluding hydrogens is 342 g/mol. The van der Waals surface area contributed by atoms with Crippen molar-refractivity contribution in [1.29, 1.82) is 0 Å². The van der Waals surface area contributed by atoms with Gasteiger partial charge >= 0.3 is 0 Å². The molecule has 0 aliphatic carbocycles. The number of anilines is 1. The molecule has 3 rings (SSSR count). The lowest BCUT2D eigenvalue weighted by Gasteiger charge is -2.31. The maximum absolute atomic E-state index is 12.3. The Bertz CT molecular complexity index is 601. The minimum absolute atomic E-state index is 0. The standard InChI is InChI=1S/C18H25N3O3.ClH/c1-13(14-10-19-11-14)18(23)20-15-5-4-6-16(9-15)24-12-17(22)21-7-2-3-8-21;/h4-6,9,13-14,19H,2-3,7-8,10-12H2,1H3,(H,20,23);1H. The fourth-order valence-electron chi connectivity index (χ4n) is 3.00. The highest BCUT2D eigenvalue weighted by molar-refractivity contribution is 5.92. The maximum atomic E-state index is 12.3. The second-order valence-corrected chi connectivity index (χ2v) is 6.60. The molecule has 25 heavy (non-hydrogen) atoms. The van der Waals surface area contributed by atoms with Crippen molar-refractivity contribution in [3.05, 3.63) is 24.3 Å². The molecule has 6 nitrogen and oxygen atoms in total. The van der Waals surface area contributed by atoms with Crippen LogP contribution in [0.15, 0.2) is 24.3 Å². The molecular formula is C18H26ClN3O3. The highest BCUT2D eigenvalue weighted by Crippen LogP contribution is 2.21. The Balaban J connectivity index is 0.00000225. The molecule has 1 atom stereocenters. The molecule has 2 heterocycles. The highest BCUT2D eigenvalue weighted by atomic mass is 35.5. The van der Waals surface area contributed by atoms with Crippen LogP contribution in [0.3, 0.4) is 0 Å². The van der Waals surface area contributed by atoms with Crippen molar-refractivity contribution < 1.29 is 14.3 Å². The fourth-order valence-corrected chi connectivity index (χ4v) is 3.00. The number of nitrogens with zero attached hydrogens (tertiary/aromatic N) is 1. The van der Waals surface area contributed by atoms with Crippen molar-refractivity contribution in [3.63, 3.8) is 0 Å². The summed E-state index contributed by atoms with van der Waals surface area (Å²) in [5.41, 5.74) is 0.699. The van der Waals surface area contributed by atoms with E-state index in [4.69, 9.17) is 4.74 Å². The number of ether oxygens (including phenoxy) is 1. The molecule has 0 aromatic heterocycles. The topological polar surface area (TPSA) is 70.7 Å². The summed E-state index contributed by atoms with van der Waals surface area (Å²) in [6.45, 7) is 5.45. The van der Waals surface area contributed by atoms with Gasteiger partial charge in [0.15, 0.2) is 6.61 Å². The van der Waals surface area contributed by atoms with Crippen LogP contribution in [0.4, 0.5) is 5.69 Å². The Kier molecular flexibility index (Phi) is 7.08. The molecule has 1 aromatic carbocycles. The van der Waals surface area contributed by atoms with E-state index in [9.17, 15) is 9.59 Å². The summed E-state index contributed by atoms with van der Waals surface area (Å²) in [4.78, 5) is 26.1. The third kappa shape index (κ3) is 5.09. The Labute approximate surface area is 154 Å². The van der Waals surface area contributed by atoms with Crippen LogP contribution in [0.1, 0.15) is 19.8 Å². The molecule has 138 valence electrons. The van der Waals surface area contributed by atoms with Gasteiger partial charge in [0, 0.05) is 30.8 Å². The zero-order valence-corrected chi connectivity index (χ0v) is 15.3. The number of amides is 2. The minimum Gasteiger partial charge on any atom is -0.484 e. The van der Waals surface area contributed by atoms with Crippen LogP contribution in [0.2, 0.25) is 0 Å². The normalized spacial score (nSPS) is 18.0. The number of rotatable bonds is 6. The van der Waals surface area contributed by atoms with E-state index in [0.717, 1.165) is 39.0 Å². The first-order chi connectivity index (χ1) is 11.6. The van der Waals surface area contributed by atoms with Gasteiger partial charge in [0.25, 0.3) is 5.91 Å². The van der Waals surface area contributed by atoms with Crippen molar-refractivity contribution >= 4 is 29.9 Å². The Morgan fingerprint density at radius 2 is 2.04 bits per heavy atom.